The van der Waals surface area contributed by atoms with Crippen molar-refractivity contribution >= 4 is 30.2 Å². The van der Waals surface area contributed by atoms with E-state index in [1.54, 1.807) is 0 Å². The molecule has 1 aromatic carbocycles. The van der Waals surface area contributed by atoms with Crippen molar-refractivity contribution in [3.05, 3.63) is 34.9 Å². The first-order chi connectivity index (χ1) is 6.60. The summed E-state index contributed by atoms with van der Waals surface area (Å²) in [6.45, 7) is 2.04. The molecule has 0 saturated heterocycles. The zero-order valence-electron chi connectivity index (χ0n) is 8.16. The third-order valence-corrected chi connectivity index (χ3v) is 1.88. The van der Waals surface area contributed by atoms with E-state index < -0.39 is 0 Å². The van der Waals surface area contributed by atoms with E-state index in [0.29, 0.717) is 0 Å². The molecule has 1 rings (SSSR count). The molecule has 0 amide bonds. The summed E-state index contributed by atoms with van der Waals surface area (Å²) in [5, 5.41) is 0.801. The summed E-state index contributed by atoms with van der Waals surface area (Å²) in [5.74, 6) is -0.130. The minimum atomic E-state index is -0.293. The Hall–Kier alpha value is -0.670. The molecule has 0 aromatic heterocycles. The van der Waals surface area contributed by atoms with Gasteiger partial charge in [0.2, 0.25) is 0 Å². The fourth-order valence-corrected chi connectivity index (χ4v) is 0.853. The fourth-order valence-electron chi connectivity index (χ4n) is 0.598. The van der Waals surface area contributed by atoms with Gasteiger partial charge in [-0.15, -0.1) is 0 Å². The SMILES string of the molecule is COC(=O)CS.Cc1ccc(Cl)cc1. The number of aryl methyl sites for hydroxylation is 1. The van der Waals surface area contributed by atoms with Crippen molar-refractivity contribution in [3.63, 3.8) is 0 Å². The predicted molar refractivity (Wildman–Crippen MR) is 62.1 cm³/mol. The van der Waals surface area contributed by atoms with Crippen LogP contribution in [0.1, 0.15) is 5.56 Å². The van der Waals surface area contributed by atoms with Gasteiger partial charge in [0, 0.05) is 5.02 Å². The summed E-state index contributed by atoms with van der Waals surface area (Å²) in [5.41, 5.74) is 1.24. The molecule has 0 heterocycles. The molecule has 0 atom stereocenters. The zero-order valence-corrected chi connectivity index (χ0v) is 9.81. The van der Waals surface area contributed by atoms with Gasteiger partial charge in [0.05, 0.1) is 12.9 Å². The first-order valence-electron chi connectivity index (χ1n) is 4.00. The second kappa shape index (κ2) is 7.71. The number of halogens is 1. The Morgan fingerprint density at radius 3 is 2.14 bits per heavy atom. The van der Waals surface area contributed by atoms with Crippen LogP contribution in [0, 0.1) is 6.92 Å². The molecule has 0 fully saturated rings. The van der Waals surface area contributed by atoms with E-state index in [1.807, 2.05) is 31.2 Å². The van der Waals surface area contributed by atoms with Gasteiger partial charge >= 0.3 is 5.97 Å². The highest BCUT2D eigenvalue weighted by atomic mass is 35.5. The summed E-state index contributed by atoms with van der Waals surface area (Å²) in [4.78, 5) is 9.88. The van der Waals surface area contributed by atoms with Crippen LogP contribution < -0.4 is 0 Å². The van der Waals surface area contributed by atoms with Crippen LogP contribution in [0.2, 0.25) is 5.02 Å². The van der Waals surface area contributed by atoms with E-state index in [0.717, 1.165) is 5.02 Å². The molecule has 0 aliphatic carbocycles. The van der Waals surface area contributed by atoms with Crippen molar-refractivity contribution in [2.75, 3.05) is 12.9 Å². The van der Waals surface area contributed by atoms with Gasteiger partial charge in [0.1, 0.15) is 0 Å². The summed E-state index contributed by atoms with van der Waals surface area (Å²) in [7, 11) is 1.33. The third kappa shape index (κ3) is 6.80. The number of hydrogen-bond donors (Lipinski definition) is 1. The molecule has 0 aliphatic heterocycles. The average Bonchev–Trinajstić information content (AvgIpc) is 2.22. The molecule has 0 radical (unpaired) electrons. The van der Waals surface area contributed by atoms with Crippen LogP contribution in [0.5, 0.6) is 0 Å². The number of methoxy groups -OCH3 is 1. The second-order valence-corrected chi connectivity index (χ2v) is 3.28. The normalized spacial score (nSPS) is 8.57. The van der Waals surface area contributed by atoms with Gasteiger partial charge in [-0.05, 0) is 19.1 Å². The zero-order chi connectivity index (χ0) is 11.0. The number of thiol groups is 1. The Kier molecular flexibility index (Phi) is 7.34. The van der Waals surface area contributed by atoms with Gasteiger partial charge in [-0.1, -0.05) is 29.3 Å². The first-order valence-corrected chi connectivity index (χ1v) is 5.01. The highest BCUT2D eigenvalue weighted by Crippen LogP contribution is 2.07. The van der Waals surface area contributed by atoms with E-state index in [2.05, 4.69) is 17.4 Å². The average molecular weight is 233 g/mol. The van der Waals surface area contributed by atoms with Crippen LogP contribution in [0.25, 0.3) is 0 Å². The van der Waals surface area contributed by atoms with Crippen LogP contribution in [0.4, 0.5) is 0 Å². The molecule has 78 valence electrons. The monoisotopic (exact) mass is 232 g/mol. The van der Waals surface area contributed by atoms with Gasteiger partial charge in [-0.25, -0.2) is 0 Å². The summed E-state index contributed by atoms with van der Waals surface area (Å²) in [6.07, 6.45) is 0. The maximum atomic E-state index is 9.88. The van der Waals surface area contributed by atoms with Crippen molar-refractivity contribution in [2.45, 2.75) is 6.92 Å². The number of ether oxygens (including phenoxy) is 1. The van der Waals surface area contributed by atoms with E-state index in [1.165, 1.54) is 12.7 Å². The molecule has 4 heteroatoms. The summed E-state index contributed by atoms with van der Waals surface area (Å²) < 4.78 is 4.18. The maximum absolute atomic E-state index is 9.88. The molecule has 1 aromatic rings. The van der Waals surface area contributed by atoms with Crippen molar-refractivity contribution in [1.82, 2.24) is 0 Å². The molecule has 0 saturated carbocycles. The van der Waals surface area contributed by atoms with Crippen LogP contribution in [0.3, 0.4) is 0 Å². The van der Waals surface area contributed by atoms with Crippen LogP contribution in [-0.2, 0) is 9.53 Å². The van der Waals surface area contributed by atoms with Gasteiger partial charge in [-0.2, -0.15) is 12.6 Å². The molecule has 2 nitrogen and oxygen atoms in total. The quantitative estimate of drug-likeness (QED) is 0.595. The van der Waals surface area contributed by atoms with Crippen molar-refractivity contribution in [2.24, 2.45) is 0 Å². The predicted octanol–water partition coefficient (Wildman–Crippen LogP) is 2.74. The Morgan fingerprint density at radius 2 is 1.93 bits per heavy atom. The first kappa shape index (κ1) is 13.3. The molecule has 0 spiro atoms. The van der Waals surface area contributed by atoms with E-state index in [9.17, 15) is 4.79 Å². The van der Waals surface area contributed by atoms with Crippen LogP contribution in [0.15, 0.2) is 24.3 Å². The standard InChI is InChI=1S/C7H7Cl.C3H6O2S/c1-6-2-4-7(8)5-3-6;1-5-3(4)2-6/h2-5H,1H3;6H,2H2,1H3. The lowest BCUT2D eigenvalue weighted by Crippen LogP contribution is -1.99. The number of carbonyl (C=O) groups is 1. The van der Waals surface area contributed by atoms with Crippen molar-refractivity contribution in [3.8, 4) is 0 Å². The minimum absolute atomic E-state index is 0.163. The van der Waals surface area contributed by atoms with Crippen LogP contribution >= 0.6 is 24.2 Å². The molecular formula is C10H13ClO2S. The van der Waals surface area contributed by atoms with E-state index >= 15 is 0 Å². The van der Waals surface area contributed by atoms with Gasteiger partial charge < -0.3 is 4.74 Å². The highest BCUT2D eigenvalue weighted by molar-refractivity contribution is 7.81. The third-order valence-electron chi connectivity index (χ3n) is 1.37. The molecular weight excluding hydrogens is 220 g/mol. The smallest absolute Gasteiger partial charge is 0.315 e. The lowest BCUT2D eigenvalue weighted by Gasteiger charge is -1.88. The summed E-state index contributed by atoms with van der Waals surface area (Å²) >= 11 is 9.23. The Balaban J connectivity index is 0.000000255. The molecule has 0 aliphatic rings. The van der Waals surface area contributed by atoms with Crippen molar-refractivity contribution in [1.29, 1.82) is 0 Å². The molecule has 0 N–H and O–H groups in total. The number of carbonyl (C=O) groups excluding carboxylic acids is 1. The minimum Gasteiger partial charge on any atom is -0.468 e. The maximum Gasteiger partial charge on any atom is 0.315 e. The lowest BCUT2D eigenvalue weighted by molar-refractivity contribution is -0.137. The molecule has 0 unspecified atom stereocenters. The highest BCUT2D eigenvalue weighted by Gasteiger charge is 1.88. The number of esters is 1. The fraction of sp³-hybridized carbons (Fsp3) is 0.300. The lowest BCUT2D eigenvalue weighted by atomic mass is 10.2. The largest absolute Gasteiger partial charge is 0.468 e. The Bertz CT molecular complexity index is 245. The van der Waals surface area contributed by atoms with E-state index in [-0.39, 0.29) is 11.7 Å². The molecule has 0 bridgehead atoms. The topological polar surface area (TPSA) is 26.3 Å². The summed E-state index contributed by atoms with van der Waals surface area (Å²) in [6, 6.07) is 7.75. The van der Waals surface area contributed by atoms with E-state index in [4.69, 9.17) is 11.6 Å². The van der Waals surface area contributed by atoms with Gasteiger partial charge in [-0.3, -0.25) is 4.79 Å². The number of rotatable bonds is 1. The number of hydrogen-bond acceptors (Lipinski definition) is 3. The van der Waals surface area contributed by atoms with Crippen LogP contribution in [-0.4, -0.2) is 18.8 Å². The molecule has 14 heavy (non-hydrogen) atoms. The Labute approximate surface area is 94.6 Å². The number of benzene rings is 1. The Morgan fingerprint density at radius 1 is 1.43 bits per heavy atom. The van der Waals surface area contributed by atoms with Crippen molar-refractivity contribution < 1.29 is 9.53 Å². The van der Waals surface area contributed by atoms with Gasteiger partial charge in [0.15, 0.2) is 0 Å². The van der Waals surface area contributed by atoms with Gasteiger partial charge in [0.25, 0.3) is 0 Å². The second-order valence-electron chi connectivity index (χ2n) is 2.53.